The van der Waals surface area contributed by atoms with Gasteiger partial charge in [0.15, 0.2) is 5.78 Å². The summed E-state index contributed by atoms with van der Waals surface area (Å²) >= 11 is 1.70. The molecule has 2 heterocycles. The van der Waals surface area contributed by atoms with Crippen molar-refractivity contribution in [3.63, 3.8) is 0 Å². The van der Waals surface area contributed by atoms with Crippen LogP contribution in [0.1, 0.15) is 37.1 Å². The maximum absolute atomic E-state index is 12.2. The fraction of sp³-hybridized carbons (Fsp3) is 0.571. The van der Waals surface area contributed by atoms with Crippen LogP contribution in [-0.4, -0.2) is 28.7 Å². The second-order valence-electron chi connectivity index (χ2n) is 5.30. The molecule has 0 aliphatic carbocycles. The maximum atomic E-state index is 12.2. The molecule has 0 bridgehead atoms. The number of aryl methyl sites for hydroxylation is 2. The van der Waals surface area contributed by atoms with E-state index in [2.05, 4.69) is 18.4 Å². The van der Waals surface area contributed by atoms with Gasteiger partial charge >= 0.3 is 0 Å². The van der Waals surface area contributed by atoms with Crippen molar-refractivity contribution >= 4 is 23.0 Å². The second kappa shape index (κ2) is 4.84. The van der Waals surface area contributed by atoms with Crippen molar-refractivity contribution in [3.05, 3.63) is 21.9 Å². The van der Waals surface area contributed by atoms with Crippen LogP contribution in [0.4, 0.5) is 0 Å². The molecule has 1 aromatic heterocycles. The zero-order valence-corrected chi connectivity index (χ0v) is 12.0. The normalized spacial score (nSPS) is 18.4. The monoisotopic (exact) mass is 265 g/mol. The van der Waals surface area contributed by atoms with Crippen molar-refractivity contribution in [2.75, 3.05) is 6.54 Å². The van der Waals surface area contributed by atoms with Gasteiger partial charge in [-0.2, -0.15) is 0 Å². The predicted octanol–water partition coefficient (Wildman–Crippen LogP) is 2.57. The fourth-order valence-electron chi connectivity index (χ4n) is 2.40. The Balaban J connectivity index is 1.97. The van der Waals surface area contributed by atoms with Gasteiger partial charge in [-0.25, -0.2) is 0 Å². The Bertz CT molecular complexity index is 476. The molecule has 2 rings (SSSR count). The molecular weight excluding hydrogens is 246 g/mol. The zero-order chi connectivity index (χ0) is 13.3. The molecule has 1 aliphatic heterocycles. The molecule has 1 amide bonds. The van der Waals surface area contributed by atoms with E-state index in [0.29, 0.717) is 19.4 Å². The van der Waals surface area contributed by atoms with Crippen LogP contribution in [0.15, 0.2) is 11.4 Å². The first-order chi connectivity index (χ1) is 8.43. The standard InChI is InChI=1S/C14H19NO2S/c1-10-7-9-18-11(10)4-5-13(17)15-8-6-12(16)14(15,2)3/h7,9H,4-6,8H2,1-3H3. The van der Waals surface area contributed by atoms with E-state index >= 15 is 0 Å². The van der Waals surface area contributed by atoms with Crippen LogP contribution in [0.5, 0.6) is 0 Å². The summed E-state index contributed by atoms with van der Waals surface area (Å²) < 4.78 is 0. The van der Waals surface area contributed by atoms with E-state index in [9.17, 15) is 9.59 Å². The van der Waals surface area contributed by atoms with Gasteiger partial charge in [0.1, 0.15) is 0 Å². The quantitative estimate of drug-likeness (QED) is 0.842. The van der Waals surface area contributed by atoms with Gasteiger partial charge in [-0.05, 0) is 44.2 Å². The van der Waals surface area contributed by atoms with Crippen LogP contribution in [0, 0.1) is 6.92 Å². The predicted molar refractivity (Wildman–Crippen MR) is 72.8 cm³/mol. The lowest BCUT2D eigenvalue weighted by Gasteiger charge is -2.30. The van der Waals surface area contributed by atoms with E-state index in [-0.39, 0.29) is 11.7 Å². The largest absolute Gasteiger partial charge is 0.330 e. The molecule has 18 heavy (non-hydrogen) atoms. The van der Waals surface area contributed by atoms with Crippen molar-refractivity contribution < 1.29 is 9.59 Å². The number of rotatable bonds is 3. The maximum Gasteiger partial charge on any atom is 0.223 e. The lowest BCUT2D eigenvalue weighted by atomic mass is 10.00. The fourth-order valence-corrected chi connectivity index (χ4v) is 3.31. The molecule has 0 spiro atoms. The number of likely N-dealkylation sites (tertiary alicyclic amines) is 1. The minimum Gasteiger partial charge on any atom is -0.330 e. The Labute approximate surface area is 112 Å². The highest BCUT2D eigenvalue weighted by Crippen LogP contribution is 2.26. The number of hydrogen-bond donors (Lipinski definition) is 0. The number of carbonyl (C=O) groups is 2. The summed E-state index contributed by atoms with van der Waals surface area (Å²) in [6.45, 7) is 6.33. The van der Waals surface area contributed by atoms with Gasteiger partial charge in [0.25, 0.3) is 0 Å². The highest BCUT2D eigenvalue weighted by molar-refractivity contribution is 7.10. The summed E-state index contributed by atoms with van der Waals surface area (Å²) in [5.74, 6) is 0.266. The Morgan fingerprint density at radius 2 is 2.22 bits per heavy atom. The Morgan fingerprint density at radius 3 is 2.72 bits per heavy atom. The van der Waals surface area contributed by atoms with Crippen molar-refractivity contribution in [2.24, 2.45) is 0 Å². The van der Waals surface area contributed by atoms with E-state index < -0.39 is 5.54 Å². The molecule has 0 N–H and O–H groups in total. The highest BCUT2D eigenvalue weighted by Gasteiger charge is 2.42. The SMILES string of the molecule is Cc1ccsc1CCC(=O)N1CCC(=O)C1(C)C. The smallest absolute Gasteiger partial charge is 0.223 e. The molecule has 4 heteroatoms. The van der Waals surface area contributed by atoms with Gasteiger partial charge < -0.3 is 4.90 Å². The number of ketones is 1. The minimum atomic E-state index is -0.610. The van der Waals surface area contributed by atoms with E-state index in [1.165, 1.54) is 10.4 Å². The molecule has 0 atom stereocenters. The van der Waals surface area contributed by atoms with Crippen molar-refractivity contribution in [2.45, 2.75) is 45.6 Å². The van der Waals surface area contributed by atoms with Crippen molar-refractivity contribution in [1.29, 1.82) is 0 Å². The molecule has 0 radical (unpaired) electrons. The first-order valence-electron chi connectivity index (χ1n) is 6.29. The molecule has 1 fully saturated rings. The van der Waals surface area contributed by atoms with Crippen LogP contribution >= 0.6 is 11.3 Å². The molecule has 0 saturated carbocycles. The van der Waals surface area contributed by atoms with Gasteiger partial charge in [0.05, 0.1) is 5.54 Å². The van der Waals surface area contributed by atoms with Crippen LogP contribution in [0.2, 0.25) is 0 Å². The van der Waals surface area contributed by atoms with Crippen molar-refractivity contribution in [1.82, 2.24) is 4.90 Å². The number of Topliss-reactive ketones (excluding diaryl/α,β-unsaturated/α-hetero) is 1. The topological polar surface area (TPSA) is 37.4 Å². The van der Waals surface area contributed by atoms with Crippen LogP contribution in [0.25, 0.3) is 0 Å². The lowest BCUT2D eigenvalue weighted by molar-refractivity contribution is -0.138. The molecule has 0 unspecified atom stereocenters. The van der Waals surface area contributed by atoms with Gasteiger partial charge in [-0.3, -0.25) is 9.59 Å². The van der Waals surface area contributed by atoms with Gasteiger partial charge in [-0.1, -0.05) is 0 Å². The van der Waals surface area contributed by atoms with Crippen LogP contribution < -0.4 is 0 Å². The summed E-state index contributed by atoms with van der Waals surface area (Å²) in [5.41, 5.74) is 0.645. The van der Waals surface area contributed by atoms with E-state index in [1.807, 2.05) is 13.8 Å². The highest BCUT2D eigenvalue weighted by atomic mass is 32.1. The van der Waals surface area contributed by atoms with Crippen LogP contribution in [0.3, 0.4) is 0 Å². The second-order valence-corrected chi connectivity index (χ2v) is 6.31. The van der Waals surface area contributed by atoms with E-state index in [1.54, 1.807) is 16.2 Å². The third kappa shape index (κ3) is 2.34. The summed E-state index contributed by atoms with van der Waals surface area (Å²) in [6.07, 6.45) is 1.78. The molecule has 0 aromatic carbocycles. The average Bonchev–Trinajstić information content (AvgIpc) is 2.82. The summed E-state index contributed by atoms with van der Waals surface area (Å²) in [7, 11) is 0. The van der Waals surface area contributed by atoms with Gasteiger partial charge in [0.2, 0.25) is 5.91 Å². The van der Waals surface area contributed by atoms with E-state index in [4.69, 9.17) is 0 Å². The Morgan fingerprint density at radius 1 is 1.50 bits per heavy atom. The van der Waals surface area contributed by atoms with Gasteiger partial charge in [0, 0.05) is 24.3 Å². The minimum absolute atomic E-state index is 0.0960. The average molecular weight is 265 g/mol. The molecule has 98 valence electrons. The van der Waals surface area contributed by atoms with Gasteiger partial charge in [-0.15, -0.1) is 11.3 Å². The Hall–Kier alpha value is -1.16. The summed E-state index contributed by atoms with van der Waals surface area (Å²) in [6, 6.07) is 2.08. The van der Waals surface area contributed by atoms with Crippen LogP contribution in [-0.2, 0) is 16.0 Å². The first kappa shape index (κ1) is 13.3. The third-order valence-corrected chi connectivity index (χ3v) is 4.84. The zero-order valence-electron chi connectivity index (χ0n) is 11.2. The van der Waals surface area contributed by atoms with E-state index in [0.717, 1.165) is 6.42 Å². The molecular formula is C14H19NO2S. The number of carbonyl (C=O) groups excluding carboxylic acids is 2. The molecule has 1 aromatic rings. The summed E-state index contributed by atoms with van der Waals surface area (Å²) in [4.78, 5) is 26.9. The summed E-state index contributed by atoms with van der Waals surface area (Å²) in [5, 5.41) is 2.05. The number of thiophene rings is 1. The lowest BCUT2D eigenvalue weighted by Crippen LogP contribution is -2.46. The number of nitrogens with zero attached hydrogens (tertiary/aromatic N) is 1. The third-order valence-electron chi connectivity index (χ3n) is 3.75. The molecule has 3 nitrogen and oxygen atoms in total. The molecule has 1 aliphatic rings. The first-order valence-corrected chi connectivity index (χ1v) is 7.17. The van der Waals surface area contributed by atoms with Crippen molar-refractivity contribution in [3.8, 4) is 0 Å². The number of amides is 1. The number of hydrogen-bond acceptors (Lipinski definition) is 3. The Kier molecular flexibility index (Phi) is 3.57. The molecule has 1 saturated heterocycles.